The molecule has 9 nitrogen and oxygen atoms in total. The molecule has 0 spiro atoms. The zero-order chi connectivity index (χ0) is 37.3. The summed E-state index contributed by atoms with van der Waals surface area (Å²) in [5.41, 5.74) is 2.50. The molecule has 296 valence electrons. The van der Waals surface area contributed by atoms with Crippen LogP contribution in [0.5, 0.6) is 0 Å². The first-order chi connectivity index (χ1) is 24.3. The molecule has 3 fully saturated rings. The van der Waals surface area contributed by atoms with Gasteiger partial charge in [0.05, 0.1) is 43.2 Å². The number of aliphatic hydroxyl groups excluding tert-OH is 2. The van der Waals surface area contributed by atoms with E-state index in [-0.39, 0.29) is 48.4 Å². The summed E-state index contributed by atoms with van der Waals surface area (Å²) in [6.07, 6.45) is 13.1. The van der Waals surface area contributed by atoms with Crippen LogP contribution in [0.3, 0.4) is 0 Å². The normalized spacial score (nSPS) is 44.8. The van der Waals surface area contributed by atoms with Crippen LogP contribution in [0.25, 0.3) is 0 Å². The van der Waals surface area contributed by atoms with E-state index in [4.69, 9.17) is 23.7 Å². The van der Waals surface area contributed by atoms with Crippen molar-refractivity contribution in [2.75, 3.05) is 41.0 Å². The summed E-state index contributed by atoms with van der Waals surface area (Å²) in [4.78, 5) is 2.49. The van der Waals surface area contributed by atoms with Gasteiger partial charge in [-0.3, -0.25) is 4.90 Å². The molecule has 1 aliphatic carbocycles. The molecule has 0 aromatic rings. The van der Waals surface area contributed by atoms with Crippen LogP contribution in [0.4, 0.5) is 0 Å². The molecule has 0 aromatic heterocycles. The average molecular weight is 722 g/mol. The van der Waals surface area contributed by atoms with Crippen LogP contribution < -0.4 is 0 Å². The largest absolute Gasteiger partial charge is 0.393 e. The quantitative estimate of drug-likeness (QED) is 0.268. The molecule has 4 rings (SSSR count). The maximum absolute atomic E-state index is 12.1. The number of hydrogen-bond acceptors (Lipinski definition) is 9. The second-order valence-electron chi connectivity index (χ2n) is 17.2. The van der Waals surface area contributed by atoms with Gasteiger partial charge in [0.25, 0.3) is 0 Å². The van der Waals surface area contributed by atoms with Crippen molar-refractivity contribution < 1.29 is 39.0 Å². The van der Waals surface area contributed by atoms with Crippen molar-refractivity contribution in [1.82, 2.24) is 4.90 Å². The Labute approximate surface area is 310 Å². The van der Waals surface area contributed by atoms with Gasteiger partial charge >= 0.3 is 0 Å². The molecule has 14 unspecified atom stereocenters. The molecule has 3 aliphatic heterocycles. The first kappa shape index (κ1) is 42.9. The Morgan fingerprint density at radius 1 is 0.863 bits per heavy atom. The number of nitrogens with zero attached hydrogens (tertiary/aromatic N) is 1. The molecule has 4 aliphatic rings. The maximum Gasteiger partial charge on any atom is 0.169 e. The first-order valence-electron chi connectivity index (χ1n) is 20.3. The zero-order valence-corrected chi connectivity index (χ0v) is 33.6. The molecule has 51 heavy (non-hydrogen) atoms. The van der Waals surface area contributed by atoms with E-state index in [2.05, 4.69) is 58.6 Å². The van der Waals surface area contributed by atoms with Crippen LogP contribution in [0.15, 0.2) is 23.3 Å². The maximum atomic E-state index is 12.1. The Morgan fingerprint density at radius 3 is 2.25 bits per heavy atom. The second-order valence-corrected chi connectivity index (χ2v) is 17.2. The summed E-state index contributed by atoms with van der Waals surface area (Å²) in [5.74, 6) is -0.435. The van der Waals surface area contributed by atoms with Gasteiger partial charge in [-0.1, -0.05) is 51.8 Å². The van der Waals surface area contributed by atoms with Gasteiger partial charge in [0.2, 0.25) is 0 Å². The van der Waals surface area contributed by atoms with Crippen molar-refractivity contribution in [2.45, 2.75) is 173 Å². The lowest BCUT2D eigenvalue weighted by molar-refractivity contribution is -0.324. The summed E-state index contributed by atoms with van der Waals surface area (Å²) in [5, 5.41) is 34.2. The van der Waals surface area contributed by atoms with Gasteiger partial charge in [0, 0.05) is 52.2 Å². The lowest BCUT2D eigenvalue weighted by Crippen LogP contribution is -2.58. The predicted molar refractivity (Wildman–Crippen MR) is 202 cm³/mol. The molecule has 9 heteroatoms. The number of methoxy groups -OCH3 is 3. The van der Waals surface area contributed by atoms with E-state index in [1.807, 2.05) is 0 Å². The van der Waals surface area contributed by atoms with E-state index in [1.54, 1.807) is 21.3 Å². The van der Waals surface area contributed by atoms with E-state index in [0.717, 1.165) is 76.5 Å². The summed E-state index contributed by atoms with van der Waals surface area (Å²) >= 11 is 0. The fourth-order valence-electron chi connectivity index (χ4n) is 9.65. The Hall–Kier alpha value is -0.880. The van der Waals surface area contributed by atoms with Gasteiger partial charge in [-0.05, 0) is 108 Å². The van der Waals surface area contributed by atoms with Crippen molar-refractivity contribution >= 4 is 0 Å². The van der Waals surface area contributed by atoms with Crippen molar-refractivity contribution in [2.24, 2.45) is 29.6 Å². The number of hydrogen-bond donors (Lipinski definition) is 3. The number of rotatable bonds is 5. The molecule has 3 heterocycles. The van der Waals surface area contributed by atoms with Gasteiger partial charge < -0.3 is 39.0 Å². The third kappa shape index (κ3) is 11.8. The molecule has 0 aromatic carbocycles. The number of ether oxygens (including phenoxy) is 5. The molecule has 14 atom stereocenters. The minimum Gasteiger partial charge on any atom is -0.393 e. The first-order valence-corrected chi connectivity index (χ1v) is 20.3. The van der Waals surface area contributed by atoms with E-state index in [1.165, 1.54) is 5.57 Å². The summed E-state index contributed by atoms with van der Waals surface area (Å²) < 4.78 is 31.3. The molecule has 3 N–H and O–H groups in total. The minimum absolute atomic E-state index is 0.0778. The van der Waals surface area contributed by atoms with E-state index in [0.29, 0.717) is 43.6 Å². The minimum atomic E-state index is -1.28. The van der Waals surface area contributed by atoms with Crippen LogP contribution in [-0.4, -0.2) is 116 Å². The number of allylic oxidation sites excluding steroid dienone is 3. The van der Waals surface area contributed by atoms with Gasteiger partial charge in [-0.15, -0.1) is 0 Å². The third-order valence-electron chi connectivity index (χ3n) is 12.9. The van der Waals surface area contributed by atoms with Crippen LogP contribution in [-0.2, 0) is 23.7 Å². The highest BCUT2D eigenvalue weighted by atomic mass is 16.7. The molecule has 0 amide bonds. The van der Waals surface area contributed by atoms with Crippen LogP contribution in [0.1, 0.15) is 119 Å². The van der Waals surface area contributed by atoms with E-state index >= 15 is 0 Å². The second kappa shape index (κ2) is 20.2. The Kier molecular flexibility index (Phi) is 16.9. The summed E-state index contributed by atoms with van der Waals surface area (Å²) in [7, 11) is 5.18. The van der Waals surface area contributed by atoms with E-state index in [9.17, 15) is 15.3 Å². The number of fused-ring (bicyclic) bond motifs is 3. The summed E-state index contributed by atoms with van der Waals surface area (Å²) in [6, 6.07) is 0.223. The third-order valence-corrected chi connectivity index (χ3v) is 12.9. The molecule has 2 saturated heterocycles. The zero-order valence-electron chi connectivity index (χ0n) is 33.6. The van der Waals surface area contributed by atoms with Crippen molar-refractivity contribution in [3.05, 3.63) is 23.3 Å². The standard InChI is InChI=1S/C42H75NO8/c1-27-13-15-35(44)32(6)40(30(4)23-33-14-16-36(45)37(25-33)47-7)50-26-34-12-10-11-18-43(34)19-17-42(46)31(5)24-39(49-9)41(51-42)38(48-8)22-29(3)21-28(2)20-27/h20,23,27,29,31-41,44-46H,10-19,21-22,24-26H2,1-9H3/b28-20-,30-23?. The summed E-state index contributed by atoms with van der Waals surface area (Å²) in [6.45, 7) is 15.4. The topological polar surface area (TPSA) is 110 Å². The Bertz CT molecular complexity index is 1100. The smallest absolute Gasteiger partial charge is 0.169 e. The fraction of sp³-hybridized carbons (Fsp3) is 0.905. The Morgan fingerprint density at radius 2 is 1.55 bits per heavy atom. The van der Waals surface area contributed by atoms with Gasteiger partial charge in [0.15, 0.2) is 5.79 Å². The fourth-order valence-corrected chi connectivity index (χ4v) is 9.65. The Balaban J connectivity index is 1.61. The molecular weight excluding hydrogens is 646 g/mol. The molecular formula is C42H75NO8. The monoisotopic (exact) mass is 722 g/mol. The predicted octanol–water partition coefficient (Wildman–Crippen LogP) is 6.67. The lowest BCUT2D eigenvalue weighted by atomic mass is 9.82. The van der Waals surface area contributed by atoms with Gasteiger partial charge in [-0.2, -0.15) is 0 Å². The molecule has 2 bridgehead atoms. The van der Waals surface area contributed by atoms with Crippen molar-refractivity contribution in [3.8, 4) is 0 Å². The van der Waals surface area contributed by atoms with E-state index < -0.39 is 18.0 Å². The molecule has 1 saturated carbocycles. The van der Waals surface area contributed by atoms with Gasteiger partial charge in [0.1, 0.15) is 6.10 Å². The number of aliphatic hydroxyl groups is 3. The van der Waals surface area contributed by atoms with Crippen LogP contribution in [0, 0.1) is 29.6 Å². The highest BCUT2D eigenvalue weighted by Gasteiger charge is 2.49. The van der Waals surface area contributed by atoms with Crippen LogP contribution >= 0.6 is 0 Å². The SMILES string of the molecule is COC1CC(C=C(C)C2OCC3CCCCN3CCC3(O)OC(C(OC)CC(C)C/C(C)=C\C(C)CCC(O)C2C)C(OC)CC3C)CCC1O. The lowest BCUT2D eigenvalue weighted by Gasteiger charge is -2.48. The highest BCUT2D eigenvalue weighted by Crippen LogP contribution is 2.40. The van der Waals surface area contributed by atoms with Crippen molar-refractivity contribution in [3.63, 3.8) is 0 Å². The van der Waals surface area contributed by atoms with Gasteiger partial charge in [-0.25, -0.2) is 0 Å². The highest BCUT2D eigenvalue weighted by molar-refractivity contribution is 5.11. The van der Waals surface area contributed by atoms with Crippen molar-refractivity contribution in [1.29, 1.82) is 0 Å². The van der Waals surface area contributed by atoms with Crippen LogP contribution in [0.2, 0.25) is 0 Å². The number of piperidine rings is 1. The average Bonchev–Trinajstić information content (AvgIpc) is 3.10. The molecule has 0 radical (unpaired) electrons.